The number of carbonyl (C=O) groups excluding carboxylic acids is 2. The maximum atomic E-state index is 12.5. The van der Waals surface area contributed by atoms with E-state index in [-0.39, 0.29) is 42.2 Å². The molecule has 114 valence electrons. The third-order valence-electron chi connectivity index (χ3n) is 5.37. The zero-order valence-corrected chi connectivity index (χ0v) is 12.7. The molecule has 4 heteroatoms. The maximum Gasteiger partial charge on any atom is 0.235 e. The Hall–Kier alpha value is -2.10. The molecule has 1 aromatic carbocycles. The van der Waals surface area contributed by atoms with Crippen molar-refractivity contribution in [3.05, 3.63) is 42.0 Å². The Labute approximate surface area is 130 Å². The number of aryl methyl sites for hydroxylation is 1. The Morgan fingerprint density at radius 1 is 1.05 bits per heavy atom. The third-order valence-corrected chi connectivity index (χ3v) is 5.37. The van der Waals surface area contributed by atoms with E-state index in [1.807, 2.05) is 12.1 Å². The maximum absolute atomic E-state index is 12.5. The first-order valence-electron chi connectivity index (χ1n) is 8.05. The summed E-state index contributed by atoms with van der Waals surface area (Å²) in [5.41, 5.74) is 2.21. The quantitative estimate of drug-likeness (QED) is 0.686. The fourth-order valence-corrected chi connectivity index (χ4v) is 4.15. The van der Waals surface area contributed by atoms with Crippen LogP contribution in [0.25, 0.3) is 0 Å². The van der Waals surface area contributed by atoms with Gasteiger partial charge in [-0.2, -0.15) is 0 Å². The highest BCUT2D eigenvalue weighted by atomic mass is 16.2. The lowest BCUT2D eigenvalue weighted by atomic mass is 9.85. The summed E-state index contributed by atoms with van der Waals surface area (Å²) in [5.74, 6) is 0.355. The Balaban J connectivity index is 1.45. The normalized spacial score (nSPS) is 32.0. The lowest BCUT2D eigenvalue weighted by Crippen LogP contribution is -2.37. The number of anilines is 1. The Bertz CT molecular complexity index is 620. The molecule has 1 saturated heterocycles. The number of hydrogen-bond donors (Lipinski definition) is 1. The van der Waals surface area contributed by atoms with Gasteiger partial charge in [0.25, 0.3) is 0 Å². The van der Waals surface area contributed by atoms with Gasteiger partial charge in [0.05, 0.1) is 18.5 Å². The molecule has 2 amide bonds. The second-order valence-corrected chi connectivity index (χ2v) is 6.49. The molecule has 0 unspecified atom stereocenters. The van der Waals surface area contributed by atoms with Crippen LogP contribution in [-0.4, -0.2) is 23.4 Å². The number of benzene rings is 1. The third kappa shape index (κ3) is 1.90. The summed E-state index contributed by atoms with van der Waals surface area (Å²) in [4.78, 5) is 26.5. The minimum absolute atomic E-state index is 0.00419. The number of rotatable bonds is 4. The van der Waals surface area contributed by atoms with Crippen LogP contribution in [0.1, 0.15) is 18.9 Å². The summed E-state index contributed by atoms with van der Waals surface area (Å²) in [7, 11) is 0. The molecule has 1 aromatic rings. The van der Waals surface area contributed by atoms with Crippen molar-refractivity contribution in [1.29, 1.82) is 0 Å². The van der Waals surface area contributed by atoms with Gasteiger partial charge in [0.2, 0.25) is 11.8 Å². The summed E-state index contributed by atoms with van der Waals surface area (Å²) in [6, 6.07) is 8.12. The van der Waals surface area contributed by atoms with Crippen LogP contribution in [0.2, 0.25) is 0 Å². The summed E-state index contributed by atoms with van der Waals surface area (Å²) in [5, 5.41) is 3.20. The average Bonchev–Trinajstić information content (AvgIpc) is 3.21. The largest absolute Gasteiger partial charge is 0.367 e. The van der Waals surface area contributed by atoms with Gasteiger partial charge in [-0.15, -0.1) is 0 Å². The molecular weight excluding hydrogens is 276 g/mol. The van der Waals surface area contributed by atoms with Crippen LogP contribution >= 0.6 is 0 Å². The van der Waals surface area contributed by atoms with Gasteiger partial charge < -0.3 is 5.32 Å². The predicted octanol–water partition coefficient (Wildman–Crippen LogP) is 2.43. The van der Waals surface area contributed by atoms with Gasteiger partial charge in [0.15, 0.2) is 0 Å². The van der Waals surface area contributed by atoms with Gasteiger partial charge in [-0.25, -0.2) is 0 Å². The van der Waals surface area contributed by atoms with Crippen LogP contribution in [0.15, 0.2) is 36.4 Å². The van der Waals surface area contributed by atoms with Crippen molar-refractivity contribution in [2.24, 2.45) is 23.7 Å². The molecule has 3 aliphatic rings. The van der Waals surface area contributed by atoms with Gasteiger partial charge in [-0.05, 0) is 42.4 Å². The van der Waals surface area contributed by atoms with E-state index >= 15 is 0 Å². The molecular formula is C18H20N2O2. The van der Waals surface area contributed by atoms with Crippen LogP contribution in [0.3, 0.4) is 0 Å². The number of carbonyl (C=O) groups is 2. The van der Waals surface area contributed by atoms with Gasteiger partial charge in [0, 0.05) is 5.69 Å². The summed E-state index contributed by atoms with van der Waals surface area (Å²) >= 11 is 0. The zero-order chi connectivity index (χ0) is 15.3. The van der Waals surface area contributed by atoms with E-state index in [4.69, 9.17) is 0 Å². The lowest BCUT2D eigenvalue weighted by molar-refractivity contribution is -0.140. The molecule has 0 aromatic heterocycles. The van der Waals surface area contributed by atoms with Crippen molar-refractivity contribution >= 4 is 17.5 Å². The second kappa shape index (κ2) is 4.97. The average molecular weight is 296 g/mol. The molecule has 1 aliphatic heterocycles. The van der Waals surface area contributed by atoms with Crippen molar-refractivity contribution in [3.63, 3.8) is 0 Å². The van der Waals surface area contributed by atoms with E-state index < -0.39 is 0 Å². The molecule has 2 fully saturated rings. The van der Waals surface area contributed by atoms with E-state index in [2.05, 4.69) is 36.5 Å². The smallest absolute Gasteiger partial charge is 0.235 e. The van der Waals surface area contributed by atoms with Gasteiger partial charge in [0.1, 0.15) is 0 Å². The van der Waals surface area contributed by atoms with Crippen LogP contribution < -0.4 is 5.32 Å². The predicted molar refractivity (Wildman–Crippen MR) is 83.9 cm³/mol. The van der Waals surface area contributed by atoms with Gasteiger partial charge >= 0.3 is 0 Å². The van der Waals surface area contributed by atoms with E-state index in [9.17, 15) is 9.59 Å². The fourth-order valence-electron chi connectivity index (χ4n) is 4.15. The summed E-state index contributed by atoms with van der Waals surface area (Å²) in [6.07, 6.45) is 6.23. The van der Waals surface area contributed by atoms with Crippen LogP contribution in [0, 0.1) is 23.7 Å². The summed E-state index contributed by atoms with van der Waals surface area (Å²) in [6.45, 7) is 2.39. The van der Waals surface area contributed by atoms with Crippen LogP contribution in [0.5, 0.6) is 0 Å². The van der Waals surface area contributed by atoms with E-state index in [1.54, 1.807) is 0 Å². The number of imide groups is 1. The molecule has 1 saturated carbocycles. The Morgan fingerprint density at radius 2 is 1.64 bits per heavy atom. The highest BCUT2D eigenvalue weighted by molar-refractivity contribution is 6.06. The van der Waals surface area contributed by atoms with Crippen molar-refractivity contribution in [2.45, 2.75) is 19.8 Å². The number of fused-ring (bicyclic) bond motifs is 5. The molecule has 1 heterocycles. The minimum atomic E-state index is -0.105. The number of nitrogens with one attached hydrogen (secondary N) is 1. The molecule has 4 nitrogen and oxygen atoms in total. The molecule has 2 bridgehead atoms. The first-order valence-corrected chi connectivity index (χ1v) is 8.05. The number of likely N-dealkylation sites (tertiary alicyclic amines) is 1. The molecule has 0 spiro atoms. The SMILES string of the molecule is CCc1ccc(NCN2C(=O)[C@@H]3[C@H](C2=O)[C@H]2C=C[C@H]3C2)cc1. The summed E-state index contributed by atoms with van der Waals surface area (Å²) < 4.78 is 0. The first kappa shape index (κ1) is 13.6. The molecule has 22 heavy (non-hydrogen) atoms. The van der Waals surface area contributed by atoms with Crippen molar-refractivity contribution in [3.8, 4) is 0 Å². The van der Waals surface area contributed by atoms with Crippen molar-refractivity contribution in [2.75, 3.05) is 12.0 Å². The number of amides is 2. The monoisotopic (exact) mass is 296 g/mol. The first-order chi connectivity index (χ1) is 10.7. The number of nitrogens with zero attached hydrogens (tertiary/aromatic N) is 1. The molecule has 2 aliphatic carbocycles. The highest BCUT2D eigenvalue weighted by Crippen LogP contribution is 2.52. The second-order valence-electron chi connectivity index (χ2n) is 6.49. The lowest BCUT2D eigenvalue weighted by Gasteiger charge is -2.18. The molecule has 1 N–H and O–H groups in total. The molecule has 0 radical (unpaired) electrons. The van der Waals surface area contributed by atoms with E-state index in [1.165, 1.54) is 10.5 Å². The Morgan fingerprint density at radius 3 is 2.18 bits per heavy atom. The minimum Gasteiger partial charge on any atom is -0.367 e. The highest BCUT2D eigenvalue weighted by Gasteiger charge is 2.59. The van der Waals surface area contributed by atoms with Crippen LogP contribution in [-0.2, 0) is 16.0 Å². The standard InChI is InChI=1S/C18H20N2O2/c1-2-11-3-7-14(8-4-11)19-10-20-17(21)15-12-5-6-13(9-12)16(15)18(20)22/h3-8,12-13,15-16,19H,2,9-10H2,1H3/t12-,13-,15-,16+/m0/s1. The van der Waals surface area contributed by atoms with Gasteiger partial charge in [-0.1, -0.05) is 31.2 Å². The number of allylic oxidation sites excluding steroid dienone is 2. The molecule has 4 atom stereocenters. The van der Waals surface area contributed by atoms with Gasteiger partial charge in [-0.3, -0.25) is 14.5 Å². The Kier molecular flexibility index (Phi) is 3.06. The van der Waals surface area contributed by atoms with Crippen molar-refractivity contribution < 1.29 is 9.59 Å². The zero-order valence-electron chi connectivity index (χ0n) is 12.7. The topological polar surface area (TPSA) is 49.4 Å². The van der Waals surface area contributed by atoms with E-state index in [0.717, 1.165) is 18.5 Å². The molecule has 4 rings (SSSR count). The van der Waals surface area contributed by atoms with Crippen LogP contribution in [0.4, 0.5) is 5.69 Å². The van der Waals surface area contributed by atoms with E-state index in [0.29, 0.717) is 0 Å². The number of hydrogen-bond acceptors (Lipinski definition) is 3. The fraction of sp³-hybridized carbons (Fsp3) is 0.444. The van der Waals surface area contributed by atoms with Crippen molar-refractivity contribution in [1.82, 2.24) is 4.90 Å².